The number of primary amides is 1. The molecular formula is C18H33N5O7. The van der Waals surface area contributed by atoms with E-state index >= 15 is 0 Å². The molecule has 0 aliphatic rings. The average molecular weight is 431 g/mol. The maximum Gasteiger partial charge on any atom is 0.328 e. The van der Waals surface area contributed by atoms with Crippen LogP contribution < -0.4 is 27.4 Å². The third-order valence-electron chi connectivity index (χ3n) is 4.11. The van der Waals surface area contributed by atoms with Gasteiger partial charge in [-0.15, -0.1) is 0 Å². The van der Waals surface area contributed by atoms with Crippen molar-refractivity contribution in [2.45, 2.75) is 64.2 Å². The van der Waals surface area contributed by atoms with Gasteiger partial charge in [0.25, 0.3) is 0 Å². The zero-order valence-corrected chi connectivity index (χ0v) is 17.8. The molecular weight excluding hydrogens is 398 g/mol. The summed E-state index contributed by atoms with van der Waals surface area (Å²) in [5.74, 6) is -3.45. The zero-order valence-electron chi connectivity index (χ0n) is 17.8. The van der Waals surface area contributed by atoms with Crippen molar-refractivity contribution >= 4 is 29.6 Å². The van der Waals surface area contributed by atoms with Crippen LogP contribution in [0.4, 0.5) is 0 Å². The number of carbonyl (C=O) groups is 5. The van der Waals surface area contributed by atoms with E-state index in [0.717, 1.165) is 7.11 Å². The van der Waals surface area contributed by atoms with Crippen LogP contribution in [0.5, 0.6) is 0 Å². The van der Waals surface area contributed by atoms with Crippen LogP contribution in [0.15, 0.2) is 0 Å². The number of nitrogens with two attached hydrogens (primary N) is 2. The van der Waals surface area contributed by atoms with Gasteiger partial charge in [0.2, 0.25) is 23.6 Å². The summed E-state index contributed by atoms with van der Waals surface area (Å²) in [4.78, 5) is 59.3. The van der Waals surface area contributed by atoms with Crippen molar-refractivity contribution in [2.75, 3.05) is 13.7 Å². The first-order valence-corrected chi connectivity index (χ1v) is 9.56. The van der Waals surface area contributed by atoms with Crippen LogP contribution in [0, 0.1) is 5.92 Å². The summed E-state index contributed by atoms with van der Waals surface area (Å²) in [6, 6.07) is -4.41. The van der Waals surface area contributed by atoms with Crippen LogP contribution in [0.3, 0.4) is 0 Å². The van der Waals surface area contributed by atoms with Gasteiger partial charge in [-0.25, -0.2) is 4.79 Å². The summed E-state index contributed by atoms with van der Waals surface area (Å²) in [7, 11) is 1.16. The molecule has 172 valence electrons. The number of aliphatic hydroxyl groups is 1. The second kappa shape index (κ2) is 13.5. The van der Waals surface area contributed by atoms with E-state index in [-0.39, 0.29) is 25.2 Å². The highest BCUT2D eigenvalue weighted by atomic mass is 16.5. The summed E-state index contributed by atoms with van der Waals surface area (Å²) in [5, 5.41) is 16.6. The lowest BCUT2D eigenvalue weighted by Gasteiger charge is -2.25. The first kappa shape index (κ1) is 27.3. The van der Waals surface area contributed by atoms with Crippen molar-refractivity contribution in [3.05, 3.63) is 0 Å². The summed E-state index contributed by atoms with van der Waals surface area (Å²) >= 11 is 0. The largest absolute Gasteiger partial charge is 0.467 e. The minimum atomic E-state index is -1.35. The highest BCUT2D eigenvalue weighted by Gasteiger charge is 2.29. The summed E-state index contributed by atoms with van der Waals surface area (Å²) in [6.45, 7) is 4.31. The number of hydrogen-bond donors (Lipinski definition) is 6. The minimum absolute atomic E-state index is 0.00337. The van der Waals surface area contributed by atoms with Crippen LogP contribution in [0.1, 0.15) is 40.0 Å². The van der Waals surface area contributed by atoms with Gasteiger partial charge in [-0.3, -0.25) is 19.2 Å². The van der Waals surface area contributed by atoms with Crippen LogP contribution >= 0.6 is 0 Å². The fourth-order valence-corrected chi connectivity index (χ4v) is 2.43. The maximum absolute atomic E-state index is 12.6. The van der Waals surface area contributed by atoms with Gasteiger partial charge in [0.15, 0.2) is 0 Å². The molecule has 0 aromatic carbocycles. The highest BCUT2D eigenvalue weighted by Crippen LogP contribution is 2.07. The monoisotopic (exact) mass is 431 g/mol. The molecule has 0 aromatic rings. The van der Waals surface area contributed by atoms with Crippen molar-refractivity contribution in [1.82, 2.24) is 16.0 Å². The number of carbonyl (C=O) groups excluding carboxylic acids is 5. The van der Waals surface area contributed by atoms with Gasteiger partial charge in [-0.05, 0) is 25.7 Å². The molecule has 0 fully saturated rings. The predicted molar refractivity (Wildman–Crippen MR) is 106 cm³/mol. The lowest BCUT2D eigenvalue weighted by atomic mass is 10.0. The third-order valence-corrected chi connectivity index (χ3v) is 4.11. The van der Waals surface area contributed by atoms with E-state index in [9.17, 15) is 29.1 Å². The smallest absolute Gasteiger partial charge is 0.328 e. The number of esters is 1. The molecule has 12 nitrogen and oxygen atoms in total. The number of rotatable bonds is 13. The number of ether oxygens (including phenoxy) is 1. The lowest BCUT2D eigenvalue weighted by Crippen LogP contribution is -2.58. The zero-order chi connectivity index (χ0) is 23.4. The molecule has 0 spiro atoms. The number of nitrogens with one attached hydrogen (secondary N) is 3. The molecule has 0 saturated carbocycles. The van der Waals surface area contributed by atoms with Gasteiger partial charge in [0.1, 0.15) is 18.1 Å². The Hall–Kier alpha value is -2.73. The van der Waals surface area contributed by atoms with Crippen LogP contribution in [0.25, 0.3) is 0 Å². The second-order valence-electron chi connectivity index (χ2n) is 7.30. The van der Waals surface area contributed by atoms with Crippen LogP contribution in [0.2, 0.25) is 0 Å². The van der Waals surface area contributed by atoms with Gasteiger partial charge in [0.05, 0.1) is 19.8 Å². The lowest BCUT2D eigenvalue weighted by molar-refractivity contribution is -0.145. The fourth-order valence-electron chi connectivity index (χ4n) is 2.43. The Labute approximate surface area is 175 Å². The number of amides is 4. The second-order valence-corrected chi connectivity index (χ2v) is 7.30. The van der Waals surface area contributed by atoms with Crippen molar-refractivity contribution in [1.29, 1.82) is 0 Å². The molecule has 8 N–H and O–H groups in total. The molecule has 0 aliphatic carbocycles. The van der Waals surface area contributed by atoms with E-state index in [1.807, 2.05) is 13.8 Å². The molecule has 4 atom stereocenters. The van der Waals surface area contributed by atoms with Crippen molar-refractivity contribution in [3.8, 4) is 0 Å². The molecule has 0 heterocycles. The Morgan fingerprint density at radius 2 is 1.47 bits per heavy atom. The Balaban J connectivity index is 5.10. The van der Waals surface area contributed by atoms with Crippen molar-refractivity contribution < 1.29 is 33.8 Å². The number of methoxy groups -OCH3 is 1. The number of aliphatic hydroxyl groups excluding tert-OH is 1. The molecule has 0 rings (SSSR count). The first-order chi connectivity index (χ1) is 13.9. The van der Waals surface area contributed by atoms with Crippen LogP contribution in [-0.4, -0.2) is 72.6 Å². The Morgan fingerprint density at radius 3 is 1.93 bits per heavy atom. The van der Waals surface area contributed by atoms with Gasteiger partial charge in [-0.2, -0.15) is 0 Å². The van der Waals surface area contributed by atoms with E-state index in [4.69, 9.17) is 11.5 Å². The van der Waals surface area contributed by atoms with E-state index < -0.39 is 60.4 Å². The normalized spacial score (nSPS) is 14.8. The van der Waals surface area contributed by atoms with Crippen molar-refractivity contribution in [2.24, 2.45) is 17.4 Å². The summed E-state index contributed by atoms with van der Waals surface area (Å²) in [5.41, 5.74) is 10.8. The SMILES string of the molecule is COC(=O)[C@H](C)NC(=O)[C@H](CO)NC(=O)[C@H](CC(C)C)NC(=O)[C@@H](N)CCC(N)=O. The van der Waals surface area contributed by atoms with E-state index in [1.54, 1.807) is 0 Å². The maximum atomic E-state index is 12.6. The van der Waals surface area contributed by atoms with Gasteiger partial charge in [-0.1, -0.05) is 13.8 Å². The minimum Gasteiger partial charge on any atom is -0.467 e. The Bertz CT molecular complexity index is 626. The number of hydrogen-bond acceptors (Lipinski definition) is 8. The standard InChI is InChI=1S/C18H33N5O7/c1-9(2)7-12(22-15(26)11(19)5-6-14(20)25)16(27)23-13(8-24)17(28)21-10(3)18(29)30-4/h9-13,24H,5-8,19H2,1-4H3,(H2,20,25)(H,21,28)(H,22,26)(H,23,27)/t10-,11-,12-,13-/m0/s1. The van der Waals surface area contributed by atoms with E-state index in [0.29, 0.717) is 0 Å². The average Bonchev–Trinajstić information content (AvgIpc) is 2.67. The fraction of sp³-hybridized carbons (Fsp3) is 0.722. The topological polar surface area (TPSA) is 203 Å². The molecule has 30 heavy (non-hydrogen) atoms. The molecule has 0 unspecified atom stereocenters. The predicted octanol–water partition coefficient (Wildman–Crippen LogP) is -2.74. The van der Waals surface area contributed by atoms with Crippen LogP contribution in [-0.2, 0) is 28.7 Å². The first-order valence-electron chi connectivity index (χ1n) is 9.56. The van der Waals surface area contributed by atoms with Gasteiger partial charge < -0.3 is 37.3 Å². The van der Waals surface area contributed by atoms with Gasteiger partial charge >= 0.3 is 5.97 Å². The molecule has 0 radical (unpaired) electrons. The van der Waals surface area contributed by atoms with E-state index in [1.165, 1.54) is 6.92 Å². The molecule has 0 aliphatic heterocycles. The molecule has 0 saturated heterocycles. The van der Waals surface area contributed by atoms with E-state index in [2.05, 4.69) is 20.7 Å². The Morgan fingerprint density at radius 1 is 0.933 bits per heavy atom. The third kappa shape index (κ3) is 10.2. The quantitative estimate of drug-likeness (QED) is 0.168. The molecule has 12 heteroatoms. The van der Waals surface area contributed by atoms with Gasteiger partial charge in [0, 0.05) is 6.42 Å². The molecule has 0 aromatic heterocycles. The summed E-state index contributed by atoms with van der Waals surface area (Å²) in [6.07, 6.45) is 0.170. The molecule has 4 amide bonds. The summed E-state index contributed by atoms with van der Waals surface area (Å²) < 4.78 is 4.50. The highest BCUT2D eigenvalue weighted by molar-refractivity contribution is 5.94. The van der Waals surface area contributed by atoms with Crippen molar-refractivity contribution in [3.63, 3.8) is 0 Å². The Kier molecular flexibility index (Phi) is 12.3. The molecule has 0 bridgehead atoms.